The molecule has 0 bridgehead atoms. The standard InChI is InChI=1S/C25H28ClN3O3/c1-16(2)28-23-9-5-18(11-22(23)25(26)27)15-32-21-8-7-19-10-17(4-6-20(19)12-21)13-29(3)14-24(30)31/h4-12,16,27-28H,13-15H2,1-3H3,(H,30,31)/p+1. The van der Waals surface area contributed by atoms with Gasteiger partial charge >= 0.3 is 5.97 Å². The fourth-order valence-corrected chi connectivity index (χ4v) is 3.70. The maximum Gasteiger partial charge on any atom is 0.317 e. The first kappa shape index (κ1) is 23.6. The number of ether oxygens (including phenoxy) is 1. The quantitative estimate of drug-likeness (QED) is 0.408. The van der Waals surface area contributed by atoms with Crippen molar-refractivity contribution in [3.05, 3.63) is 71.3 Å². The van der Waals surface area contributed by atoms with Crippen LogP contribution in [0.1, 0.15) is 30.5 Å². The van der Waals surface area contributed by atoms with Crippen LogP contribution in [0.15, 0.2) is 54.6 Å². The monoisotopic (exact) mass is 454 g/mol. The summed E-state index contributed by atoms with van der Waals surface area (Å²) in [5, 5.41) is 20.5. The Kier molecular flexibility index (Phi) is 7.72. The molecular formula is C25H29ClN3O3+. The van der Waals surface area contributed by atoms with Crippen molar-refractivity contribution in [2.45, 2.75) is 33.0 Å². The molecule has 4 N–H and O–H groups in total. The van der Waals surface area contributed by atoms with E-state index in [1.807, 2.05) is 48.5 Å². The number of aliphatic carboxylic acids is 1. The fourth-order valence-electron chi connectivity index (χ4n) is 3.54. The van der Waals surface area contributed by atoms with E-state index in [1.54, 1.807) is 11.9 Å². The molecule has 3 rings (SSSR count). The highest BCUT2D eigenvalue weighted by Crippen LogP contribution is 2.25. The summed E-state index contributed by atoms with van der Waals surface area (Å²) in [5.74, 6) is -0.0679. The second-order valence-electron chi connectivity index (χ2n) is 8.22. The number of hydrogen-bond acceptors (Lipinski definition) is 4. The van der Waals surface area contributed by atoms with Crippen LogP contribution in [-0.2, 0) is 17.9 Å². The Bertz CT molecular complexity index is 1130. The topological polar surface area (TPSA) is 87.4 Å². The molecule has 0 saturated heterocycles. The molecule has 0 radical (unpaired) electrons. The van der Waals surface area contributed by atoms with Crippen molar-refractivity contribution < 1.29 is 20.0 Å². The molecule has 0 heterocycles. The fraction of sp³-hybridized carbons (Fsp3) is 0.280. The molecule has 0 aliphatic carbocycles. The van der Waals surface area contributed by atoms with E-state index in [1.165, 1.54) is 0 Å². The van der Waals surface area contributed by atoms with Crippen LogP contribution in [0, 0.1) is 0 Å². The first-order chi connectivity index (χ1) is 15.2. The van der Waals surface area contributed by atoms with Gasteiger partial charge in [-0.3, -0.25) is 9.69 Å². The van der Waals surface area contributed by atoms with Gasteiger partial charge in [0.25, 0.3) is 5.17 Å². The molecule has 7 heteroatoms. The van der Waals surface area contributed by atoms with Crippen molar-refractivity contribution in [2.24, 2.45) is 0 Å². The average Bonchev–Trinajstić information content (AvgIpc) is 2.71. The van der Waals surface area contributed by atoms with Gasteiger partial charge in [0.1, 0.15) is 12.4 Å². The number of carbonyl (C=O) groups is 1. The van der Waals surface area contributed by atoms with E-state index >= 15 is 0 Å². The lowest BCUT2D eigenvalue weighted by molar-refractivity contribution is -0.138. The van der Waals surface area contributed by atoms with Gasteiger partial charge in [0.2, 0.25) is 0 Å². The average molecular weight is 455 g/mol. The van der Waals surface area contributed by atoms with E-state index in [9.17, 15) is 4.79 Å². The summed E-state index contributed by atoms with van der Waals surface area (Å²) in [7, 11) is 1.79. The molecule has 0 amide bonds. The molecule has 3 aromatic carbocycles. The summed E-state index contributed by atoms with van der Waals surface area (Å²) in [6, 6.07) is 18.2. The molecule has 0 saturated carbocycles. The van der Waals surface area contributed by atoms with Gasteiger partial charge in [-0.25, -0.2) is 5.41 Å². The molecule has 0 aliphatic heterocycles. The molecule has 168 valence electrons. The summed E-state index contributed by atoms with van der Waals surface area (Å²) < 4.78 is 6.01. The molecule has 0 unspecified atom stereocenters. The number of carboxylic acids is 1. The third-order valence-electron chi connectivity index (χ3n) is 4.92. The largest absolute Gasteiger partial charge is 0.489 e. The molecule has 0 aromatic heterocycles. The first-order valence-corrected chi connectivity index (χ1v) is 10.8. The van der Waals surface area contributed by atoms with Gasteiger partial charge < -0.3 is 15.2 Å². The maximum atomic E-state index is 10.9. The Hall–Kier alpha value is -3.09. The van der Waals surface area contributed by atoms with Crippen molar-refractivity contribution in [1.29, 1.82) is 0 Å². The highest BCUT2D eigenvalue weighted by atomic mass is 35.5. The van der Waals surface area contributed by atoms with Crippen molar-refractivity contribution >= 4 is 39.2 Å². The van der Waals surface area contributed by atoms with Crippen LogP contribution in [0.4, 0.5) is 5.69 Å². The van der Waals surface area contributed by atoms with Crippen LogP contribution in [0.25, 0.3) is 10.8 Å². The van der Waals surface area contributed by atoms with Gasteiger partial charge in [0.15, 0.2) is 0 Å². The Morgan fingerprint density at radius 1 is 1.09 bits per heavy atom. The highest BCUT2D eigenvalue weighted by Gasteiger charge is 2.13. The van der Waals surface area contributed by atoms with Crippen LogP contribution in [0.5, 0.6) is 5.75 Å². The van der Waals surface area contributed by atoms with Crippen molar-refractivity contribution in [3.63, 3.8) is 0 Å². The number of likely N-dealkylation sites (N-methyl/N-ethyl adjacent to an activating group) is 1. The SMILES string of the molecule is CC(C)Nc1ccc(COc2ccc3cc(CN(C)CC(=O)O)ccc3c2)cc1C(=[NH2+])Cl. The summed E-state index contributed by atoms with van der Waals surface area (Å²) >= 11 is 6.10. The highest BCUT2D eigenvalue weighted by molar-refractivity contribution is 6.68. The number of fused-ring (bicyclic) bond motifs is 1. The summed E-state index contributed by atoms with van der Waals surface area (Å²) in [4.78, 5) is 12.6. The number of nitrogens with two attached hydrogens (primary N) is 1. The van der Waals surface area contributed by atoms with Gasteiger partial charge in [0.05, 0.1) is 12.1 Å². The van der Waals surface area contributed by atoms with Gasteiger partial charge in [-0.05, 0) is 84.7 Å². The number of halogens is 1. The Balaban J connectivity index is 1.70. The maximum absolute atomic E-state index is 10.9. The zero-order valence-electron chi connectivity index (χ0n) is 18.6. The lowest BCUT2D eigenvalue weighted by Gasteiger charge is -2.15. The van der Waals surface area contributed by atoms with Gasteiger partial charge in [-0.1, -0.05) is 24.3 Å². The zero-order chi connectivity index (χ0) is 23.3. The molecule has 0 spiro atoms. The van der Waals surface area contributed by atoms with E-state index in [2.05, 4.69) is 25.2 Å². The zero-order valence-corrected chi connectivity index (χ0v) is 19.3. The van der Waals surface area contributed by atoms with Gasteiger partial charge in [-0.15, -0.1) is 0 Å². The normalized spacial score (nSPS) is 11.2. The molecule has 3 aromatic rings. The Labute approximate surface area is 193 Å². The van der Waals surface area contributed by atoms with E-state index in [4.69, 9.17) is 26.9 Å². The van der Waals surface area contributed by atoms with E-state index in [0.29, 0.717) is 13.2 Å². The second kappa shape index (κ2) is 10.5. The van der Waals surface area contributed by atoms with Crippen LogP contribution >= 0.6 is 11.6 Å². The van der Waals surface area contributed by atoms with Crippen LogP contribution in [-0.4, -0.2) is 40.8 Å². The predicted molar refractivity (Wildman–Crippen MR) is 129 cm³/mol. The van der Waals surface area contributed by atoms with Crippen LogP contribution in [0.2, 0.25) is 0 Å². The number of hydrogen-bond donors (Lipinski definition) is 3. The number of benzene rings is 3. The second-order valence-corrected chi connectivity index (χ2v) is 8.63. The van der Waals surface area contributed by atoms with Gasteiger partial charge in [0, 0.05) is 18.3 Å². The Morgan fingerprint density at radius 3 is 2.47 bits per heavy atom. The Morgan fingerprint density at radius 2 is 1.78 bits per heavy atom. The van der Waals surface area contributed by atoms with E-state index < -0.39 is 5.97 Å². The number of nitrogens with one attached hydrogen (secondary N) is 1. The first-order valence-electron chi connectivity index (χ1n) is 10.4. The minimum atomic E-state index is -0.834. The van der Waals surface area contributed by atoms with Crippen LogP contribution in [0.3, 0.4) is 0 Å². The predicted octanol–water partition coefficient (Wildman–Crippen LogP) is 3.50. The van der Waals surface area contributed by atoms with Crippen molar-refractivity contribution in [1.82, 2.24) is 4.90 Å². The van der Waals surface area contributed by atoms with Crippen molar-refractivity contribution in [3.8, 4) is 5.75 Å². The molecular weight excluding hydrogens is 426 g/mol. The van der Waals surface area contributed by atoms with Crippen LogP contribution < -0.4 is 15.5 Å². The third-order valence-corrected chi connectivity index (χ3v) is 5.13. The minimum Gasteiger partial charge on any atom is -0.489 e. The summed E-state index contributed by atoms with van der Waals surface area (Å²) in [6.45, 7) is 5.09. The molecule has 0 aliphatic rings. The lowest BCUT2D eigenvalue weighted by atomic mass is 10.1. The smallest absolute Gasteiger partial charge is 0.317 e. The molecule has 6 nitrogen and oxygen atoms in total. The summed E-state index contributed by atoms with van der Waals surface area (Å²) in [5.41, 5.74) is 3.69. The number of carboxylic acid groups (broad SMARTS) is 1. The minimum absolute atomic E-state index is 0.00810. The molecule has 0 fully saturated rings. The van der Waals surface area contributed by atoms with E-state index in [0.717, 1.165) is 38.9 Å². The number of anilines is 1. The summed E-state index contributed by atoms with van der Waals surface area (Å²) in [6.07, 6.45) is 0. The number of nitrogens with zero attached hydrogens (tertiary/aromatic N) is 1. The molecule has 32 heavy (non-hydrogen) atoms. The molecule has 0 atom stereocenters. The lowest BCUT2D eigenvalue weighted by Crippen LogP contribution is -2.37. The van der Waals surface area contributed by atoms with Crippen molar-refractivity contribution in [2.75, 3.05) is 18.9 Å². The van der Waals surface area contributed by atoms with Gasteiger partial charge in [-0.2, -0.15) is 0 Å². The number of rotatable bonds is 10. The van der Waals surface area contributed by atoms with E-state index in [-0.39, 0.29) is 17.8 Å². The third kappa shape index (κ3) is 6.45.